The van der Waals surface area contributed by atoms with E-state index >= 15 is 0 Å². The van der Waals surface area contributed by atoms with Crippen molar-refractivity contribution in [2.45, 2.75) is 9.79 Å². The molecule has 4 aromatic carbocycles. The Morgan fingerprint density at radius 3 is 1.43 bits per heavy atom. The van der Waals surface area contributed by atoms with Gasteiger partial charge in [0.2, 0.25) is 0 Å². The van der Waals surface area contributed by atoms with Crippen LogP contribution in [0.1, 0.15) is 0 Å². The topological polar surface area (TPSA) is 74.8 Å². The average Bonchev–Trinajstić information content (AvgIpc) is 3.72. The molecular weight excluding hydrogens is 653 g/mol. The predicted molar refractivity (Wildman–Crippen MR) is 196 cm³/mol. The summed E-state index contributed by atoms with van der Waals surface area (Å²) in [4.78, 5) is 16.8. The highest BCUT2D eigenvalue weighted by Crippen LogP contribution is 2.47. The molecule has 2 aromatic heterocycles. The molecular formula is C34H32N6O2S4. The Balaban J connectivity index is 1.12. The smallest absolute Gasteiger partial charge is 0.188 e. The first-order valence-corrected chi connectivity index (χ1v) is 19.1. The third kappa shape index (κ3) is 6.64. The summed E-state index contributed by atoms with van der Waals surface area (Å²) in [5, 5.41) is 9.07. The van der Waals surface area contributed by atoms with Crippen molar-refractivity contribution in [1.29, 1.82) is 0 Å². The molecule has 0 aliphatic carbocycles. The molecule has 2 aliphatic heterocycles. The number of morpholine rings is 2. The van der Waals surface area contributed by atoms with Crippen molar-refractivity contribution in [2.24, 2.45) is 0 Å². The van der Waals surface area contributed by atoms with Crippen molar-refractivity contribution < 1.29 is 9.47 Å². The van der Waals surface area contributed by atoms with Gasteiger partial charge in [0, 0.05) is 47.3 Å². The molecule has 0 bridgehead atoms. The van der Waals surface area contributed by atoms with E-state index in [1.165, 1.54) is 20.8 Å². The fourth-order valence-corrected chi connectivity index (χ4v) is 9.63. The molecule has 8 nitrogen and oxygen atoms in total. The number of hydrogen-bond acceptors (Lipinski definition) is 12. The zero-order valence-electron chi connectivity index (χ0n) is 25.0. The van der Waals surface area contributed by atoms with Crippen molar-refractivity contribution in [1.82, 2.24) is 9.97 Å². The molecule has 6 aromatic rings. The lowest BCUT2D eigenvalue weighted by Crippen LogP contribution is -2.36. The minimum Gasteiger partial charge on any atom is -0.378 e. The Kier molecular flexibility index (Phi) is 8.88. The summed E-state index contributed by atoms with van der Waals surface area (Å²) < 4.78 is 13.6. The van der Waals surface area contributed by atoms with Crippen LogP contribution in [0.4, 0.5) is 33.0 Å². The number of nitrogens with one attached hydrogen (secondary N) is 2. The first kappa shape index (κ1) is 29.9. The molecule has 0 atom stereocenters. The van der Waals surface area contributed by atoms with E-state index in [1.54, 1.807) is 44.3 Å². The molecule has 0 radical (unpaired) electrons. The Morgan fingerprint density at radius 2 is 1.00 bits per heavy atom. The number of para-hydroxylation sites is 2. The third-order valence-electron chi connectivity index (χ3n) is 7.98. The van der Waals surface area contributed by atoms with Crippen LogP contribution in [0.25, 0.3) is 20.4 Å². The van der Waals surface area contributed by atoms with Gasteiger partial charge in [-0.15, -0.1) is 0 Å². The van der Waals surface area contributed by atoms with Crippen molar-refractivity contribution in [3.8, 4) is 0 Å². The van der Waals surface area contributed by atoms with E-state index in [9.17, 15) is 0 Å². The number of nitrogens with zero attached hydrogens (tertiary/aromatic N) is 4. The molecule has 2 fully saturated rings. The monoisotopic (exact) mass is 684 g/mol. The highest BCUT2D eigenvalue weighted by molar-refractivity contribution is 8.76. The van der Waals surface area contributed by atoms with E-state index in [1.807, 2.05) is 12.1 Å². The number of ether oxygens (including phenoxy) is 2. The van der Waals surface area contributed by atoms with Gasteiger partial charge in [0.05, 0.1) is 58.2 Å². The van der Waals surface area contributed by atoms with E-state index < -0.39 is 0 Å². The summed E-state index contributed by atoms with van der Waals surface area (Å²) in [6, 6.07) is 29.9. The molecule has 2 N–H and O–H groups in total. The predicted octanol–water partition coefficient (Wildman–Crippen LogP) is 8.87. The van der Waals surface area contributed by atoms with Gasteiger partial charge in [-0.2, -0.15) is 0 Å². The summed E-state index contributed by atoms with van der Waals surface area (Å²) in [7, 11) is 3.52. The van der Waals surface area contributed by atoms with Crippen LogP contribution in [-0.2, 0) is 9.47 Å². The number of anilines is 6. The van der Waals surface area contributed by atoms with E-state index in [4.69, 9.17) is 19.4 Å². The molecule has 0 unspecified atom stereocenters. The zero-order valence-corrected chi connectivity index (χ0v) is 28.2. The Bertz CT molecular complexity index is 1760. The second-order valence-electron chi connectivity index (χ2n) is 10.9. The number of hydrogen-bond donors (Lipinski definition) is 2. The van der Waals surface area contributed by atoms with Gasteiger partial charge in [-0.1, -0.05) is 68.5 Å². The first-order chi connectivity index (χ1) is 22.7. The second-order valence-corrected chi connectivity index (χ2v) is 15.2. The van der Waals surface area contributed by atoms with Gasteiger partial charge in [-0.3, -0.25) is 0 Å². The SMILES string of the molecule is c1ccc2sc(Nc3ccc(N4CCOCC4)cc3SSc3cc(N4CCOCC4)ccc3Nc3nc4ccccc4s3)nc2c1. The minimum absolute atomic E-state index is 0.748. The second kappa shape index (κ2) is 13.7. The average molecular weight is 685 g/mol. The summed E-state index contributed by atoms with van der Waals surface area (Å²) in [5.74, 6) is 0. The fourth-order valence-electron chi connectivity index (χ4n) is 5.57. The lowest BCUT2D eigenvalue weighted by molar-refractivity contribution is 0.122. The van der Waals surface area contributed by atoms with Gasteiger partial charge >= 0.3 is 0 Å². The zero-order chi connectivity index (χ0) is 30.7. The molecule has 0 spiro atoms. The molecule has 0 amide bonds. The van der Waals surface area contributed by atoms with Crippen LogP contribution in [0.15, 0.2) is 94.7 Å². The van der Waals surface area contributed by atoms with Gasteiger partial charge in [0.25, 0.3) is 0 Å². The van der Waals surface area contributed by atoms with Crippen LogP contribution >= 0.6 is 44.3 Å². The van der Waals surface area contributed by atoms with Crippen molar-refractivity contribution in [3.05, 3.63) is 84.9 Å². The minimum atomic E-state index is 0.748. The molecule has 2 aliphatic rings. The maximum absolute atomic E-state index is 5.64. The number of aromatic nitrogens is 2. The van der Waals surface area contributed by atoms with E-state index in [0.717, 1.165) is 95.1 Å². The van der Waals surface area contributed by atoms with Gasteiger partial charge in [-0.25, -0.2) is 9.97 Å². The summed E-state index contributed by atoms with van der Waals surface area (Å²) >= 11 is 3.35. The first-order valence-electron chi connectivity index (χ1n) is 15.3. The Hall–Kier alpha value is -3.52. The number of benzene rings is 4. The molecule has 234 valence electrons. The highest BCUT2D eigenvalue weighted by Gasteiger charge is 2.18. The number of rotatable bonds is 9. The van der Waals surface area contributed by atoms with Crippen molar-refractivity contribution >= 4 is 97.7 Å². The van der Waals surface area contributed by atoms with Crippen LogP contribution in [0.2, 0.25) is 0 Å². The summed E-state index contributed by atoms with van der Waals surface area (Å²) in [5.41, 5.74) is 6.51. The van der Waals surface area contributed by atoms with Gasteiger partial charge in [-0.05, 0) is 60.7 Å². The van der Waals surface area contributed by atoms with Crippen LogP contribution in [0.5, 0.6) is 0 Å². The molecule has 12 heteroatoms. The fraction of sp³-hybridized carbons (Fsp3) is 0.235. The quantitative estimate of drug-likeness (QED) is 0.144. The van der Waals surface area contributed by atoms with Crippen molar-refractivity contribution in [3.63, 3.8) is 0 Å². The lowest BCUT2D eigenvalue weighted by atomic mass is 10.2. The van der Waals surface area contributed by atoms with E-state index in [-0.39, 0.29) is 0 Å². The van der Waals surface area contributed by atoms with Crippen LogP contribution in [0, 0.1) is 0 Å². The normalized spacial score (nSPS) is 15.5. The Morgan fingerprint density at radius 1 is 0.565 bits per heavy atom. The third-order valence-corrected chi connectivity index (χ3v) is 12.3. The van der Waals surface area contributed by atoms with E-state index in [0.29, 0.717) is 0 Å². The van der Waals surface area contributed by atoms with E-state index in [2.05, 4.69) is 93.2 Å². The molecule has 46 heavy (non-hydrogen) atoms. The highest BCUT2D eigenvalue weighted by atomic mass is 33.1. The Labute approximate surface area is 283 Å². The maximum atomic E-state index is 5.64. The molecule has 8 rings (SSSR count). The standard InChI is InChI=1S/C34H32N6O2S4/c1-3-7-29-25(5-1)35-33(43-29)37-27-11-9-23(39-13-17-41-18-14-39)21-31(27)45-46-32-22-24(40-15-19-42-20-16-40)10-12-28(32)38-34-36-26-6-2-4-8-30(26)44-34/h1-12,21-22H,13-20H2,(H,35,37)(H,36,38). The van der Waals surface area contributed by atoms with Gasteiger partial charge < -0.3 is 29.9 Å². The van der Waals surface area contributed by atoms with Crippen LogP contribution < -0.4 is 20.4 Å². The van der Waals surface area contributed by atoms with Crippen molar-refractivity contribution in [2.75, 3.05) is 73.0 Å². The summed E-state index contributed by atoms with van der Waals surface area (Å²) in [6.07, 6.45) is 0. The van der Waals surface area contributed by atoms with Gasteiger partial charge in [0.1, 0.15) is 0 Å². The lowest BCUT2D eigenvalue weighted by Gasteiger charge is -2.30. The number of fused-ring (bicyclic) bond motifs is 2. The molecule has 4 heterocycles. The van der Waals surface area contributed by atoms with Crippen LogP contribution in [-0.4, -0.2) is 62.6 Å². The van der Waals surface area contributed by atoms with Crippen LogP contribution in [0.3, 0.4) is 0 Å². The largest absolute Gasteiger partial charge is 0.378 e. The number of thiazole rings is 2. The summed E-state index contributed by atoms with van der Waals surface area (Å²) in [6.45, 7) is 6.55. The molecule has 0 saturated carbocycles. The van der Waals surface area contributed by atoms with Gasteiger partial charge in [0.15, 0.2) is 10.3 Å². The maximum Gasteiger partial charge on any atom is 0.188 e. The molecule has 2 saturated heterocycles.